The first kappa shape index (κ1) is 23.5. The van der Waals surface area contributed by atoms with Crippen molar-refractivity contribution in [1.82, 2.24) is 0 Å². The van der Waals surface area contributed by atoms with Crippen LogP contribution in [0.2, 0.25) is 0 Å². The van der Waals surface area contributed by atoms with Gasteiger partial charge in [-0.1, -0.05) is 0 Å². The summed E-state index contributed by atoms with van der Waals surface area (Å²) in [6.45, 7) is -1.96. The summed E-state index contributed by atoms with van der Waals surface area (Å²) in [7, 11) is 1.50. The van der Waals surface area contributed by atoms with E-state index in [1.165, 1.54) is 7.05 Å². The average molecular weight is 298 g/mol. The molecule has 0 aromatic carbocycles. The number of nitrogens with two attached hydrogens (primary N) is 2. The van der Waals surface area contributed by atoms with Gasteiger partial charge in [-0.3, -0.25) is 0 Å². The third-order valence-electron chi connectivity index (χ3n) is 1.51. The van der Waals surface area contributed by atoms with Gasteiger partial charge in [0.25, 0.3) is 0 Å². The highest BCUT2D eigenvalue weighted by Crippen LogP contribution is 1.93. The van der Waals surface area contributed by atoms with Crippen LogP contribution < -0.4 is 11.5 Å². The average Bonchev–Trinajstić information content (AvgIpc) is 2.47. The number of hydrogen-bond acceptors (Lipinski definition) is 9. The molecule has 0 saturated carbocycles. The molecule has 0 aromatic heterocycles. The molecule has 0 aromatic rings. The van der Waals surface area contributed by atoms with Gasteiger partial charge in [-0.05, 0) is 7.05 Å². The minimum absolute atomic E-state index is 0.403. The zero-order valence-corrected chi connectivity index (χ0v) is 11.1. The van der Waals surface area contributed by atoms with Gasteiger partial charge in [0.1, 0.15) is 0 Å². The van der Waals surface area contributed by atoms with Crippen molar-refractivity contribution >= 4 is 11.9 Å². The van der Waals surface area contributed by atoms with E-state index in [1.807, 2.05) is 0 Å². The number of carbonyl (C=O) groups is 2. The summed E-state index contributed by atoms with van der Waals surface area (Å²) in [6.07, 6.45) is 1.33. The van der Waals surface area contributed by atoms with Crippen molar-refractivity contribution in [3.05, 3.63) is 12.2 Å². The number of carbonyl (C=O) groups excluding carboxylic acids is 1. The number of aliphatic carboxylic acids is 1. The zero-order valence-electron chi connectivity index (χ0n) is 11.1. The van der Waals surface area contributed by atoms with Crippen LogP contribution in [0, 0.1) is 0 Å². The Hall–Kier alpha value is -1.56. The smallest absolute Gasteiger partial charge is 0.333 e. The Bertz CT molecular complexity index is 270. The minimum atomic E-state index is -1.24. The molecule has 0 bridgehead atoms. The molecule has 0 aliphatic carbocycles. The Morgan fingerprint density at radius 1 is 1.05 bits per heavy atom. The van der Waals surface area contributed by atoms with E-state index in [9.17, 15) is 9.59 Å². The summed E-state index contributed by atoms with van der Waals surface area (Å²) in [5, 5.41) is 41.0. The standard InChI is InChI=1S/C5H6O5.C4H11NO3.CH5N/c6-3-10-5(9)2-1-4(7)8;5-4(1-6,2-7)3-8;1-2/h1-2,6H,3H2,(H,7,8);6-8H,1-3,5H2;2H2,1H3/b2-1-;;. The quantitative estimate of drug-likeness (QED) is 0.146. The summed E-state index contributed by atoms with van der Waals surface area (Å²) in [4.78, 5) is 20.0. The van der Waals surface area contributed by atoms with E-state index in [0.717, 1.165) is 0 Å². The van der Waals surface area contributed by atoms with Crippen LogP contribution in [0.1, 0.15) is 0 Å². The third kappa shape index (κ3) is 16.4. The normalized spacial score (nSPS) is 9.95. The number of carboxylic acid groups (broad SMARTS) is 1. The number of ether oxygens (including phenoxy) is 1. The van der Waals surface area contributed by atoms with Crippen LogP contribution in [0.25, 0.3) is 0 Å². The van der Waals surface area contributed by atoms with Gasteiger partial charge >= 0.3 is 11.9 Å². The fourth-order valence-electron chi connectivity index (χ4n) is 0.401. The van der Waals surface area contributed by atoms with E-state index in [1.54, 1.807) is 0 Å². The third-order valence-corrected chi connectivity index (χ3v) is 1.51. The lowest BCUT2D eigenvalue weighted by molar-refractivity contribution is -0.146. The molecule has 0 fully saturated rings. The van der Waals surface area contributed by atoms with Crippen LogP contribution in [-0.4, -0.2) is 76.7 Å². The molecule has 0 saturated heterocycles. The number of rotatable bonds is 6. The largest absolute Gasteiger partial charge is 0.478 e. The molecule has 10 heteroatoms. The summed E-state index contributed by atoms with van der Waals surface area (Å²) in [6, 6.07) is 0. The fraction of sp³-hybridized carbons (Fsp3) is 0.600. The summed E-state index contributed by atoms with van der Waals surface area (Å²) < 4.78 is 3.96. The molecule has 120 valence electrons. The van der Waals surface area contributed by atoms with Crippen LogP contribution in [0.4, 0.5) is 0 Å². The predicted octanol–water partition coefficient (Wildman–Crippen LogP) is -3.64. The molecule has 10 nitrogen and oxygen atoms in total. The molecule has 0 unspecified atom stereocenters. The van der Waals surface area contributed by atoms with Crippen LogP contribution in [0.3, 0.4) is 0 Å². The number of hydrogen-bond donors (Lipinski definition) is 7. The van der Waals surface area contributed by atoms with E-state index in [0.29, 0.717) is 12.2 Å². The van der Waals surface area contributed by atoms with Crippen LogP contribution in [0.5, 0.6) is 0 Å². The second-order valence-electron chi connectivity index (χ2n) is 3.10. The van der Waals surface area contributed by atoms with Crippen LogP contribution in [-0.2, 0) is 14.3 Å². The van der Waals surface area contributed by atoms with Gasteiger partial charge in [0, 0.05) is 12.2 Å². The van der Waals surface area contributed by atoms with Crippen molar-refractivity contribution in [2.24, 2.45) is 11.5 Å². The first-order valence-corrected chi connectivity index (χ1v) is 5.23. The van der Waals surface area contributed by atoms with Crippen molar-refractivity contribution < 1.29 is 39.9 Å². The van der Waals surface area contributed by atoms with Gasteiger partial charge in [0.15, 0.2) is 6.79 Å². The Kier molecular flexibility index (Phi) is 18.2. The summed E-state index contributed by atoms with van der Waals surface area (Å²) >= 11 is 0. The predicted molar refractivity (Wildman–Crippen MR) is 68.2 cm³/mol. The number of aliphatic hydroxyl groups is 4. The number of aliphatic hydroxyl groups excluding tert-OH is 4. The molecule has 0 aliphatic rings. The molecule has 20 heavy (non-hydrogen) atoms. The molecule has 0 amide bonds. The molecule has 0 spiro atoms. The molecule has 0 rings (SSSR count). The van der Waals surface area contributed by atoms with E-state index in [-0.39, 0.29) is 0 Å². The Morgan fingerprint density at radius 3 is 1.65 bits per heavy atom. The highest BCUT2D eigenvalue weighted by molar-refractivity contribution is 5.90. The molecular weight excluding hydrogens is 276 g/mol. The molecule has 0 aliphatic heterocycles. The van der Waals surface area contributed by atoms with Gasteiger partial charge in [-0.2, -0.15) is 0 Å². The maximum absolute atomic E-state index is 10.2. The topological polar surface area (TPSA) is 197 Å². The molecule has 0 radical (unpaired) electrons. The monoisotopic (exact) mass is 298 g/mol. The fourth-order valence-corrected chi connectivity index (χ4v) is 0.401. The van der Waals surface area contributed by atoms with Gasteiger partial charge in [0.05, 0.1) is 25.4 Å². The Morgan fingerprint density at radius 2 is 1.45 bits per heavy atom. The molecule has 9 N–H and O–H groups in total. The van der Waals surface area contributed by atoms with E-state index in [2.05, 4.69) is 10.5 Å². The second-order valence-corrected chi connectivity index (χ2v) is 3.10. The molecular formula is C10H22N2O8. The Balaban J connectivity index is -0.000000262. The van der Waals surface area contributed by atoms with E-state index in [4.69, 9.17) is 31.3 Å². The highest BCUT2D eigenvalue weighted by atomic mass is 16.6. The van der Waals surface area contributed by atoms with Crippen molar-refractivity contribution in [1.29, 1.82) is 0 Å². The lowest BCUT2D eigenvalue weighted by atomic mass is 10.1. The lowest BCUT2D eigenvalue weighted by Gasteiger charge is -2.20. The lowest BCUT2D eigenvalue weighted by Crippen LogP contribution is -2.50. The summed E-state index contributed by atoms with van der Waals surface area (Å²) in [5.41, 5.74) is 8.44. The Labute approximate surface area is 115 Å². The maximum Gasteiger partial charge on any atom is 0.333 e. The SMILES string of the molecule is CN.NC(CO)(CO)CO.O=C(O)/C=C\C(=O)OCO. The number of carboxylic acids is 1. The van der Waals surface area contributed by atoms with Crippen molar-refractivity contribution in [3.8, 4) is 0 Å². The van der Waals surface area contributed by atoms with Crippen molar-refractivity contribution in [2.45, 2.75) is 5.54 Å². The van der Waals surface area contributed by atoms with Crippen LogP contribution >= 0.6 is 0 Å². The number of esters is 1. The maximum atomic E-state index is 10.2. The zero-order chi connectivity index (χ0) is 16.6. The molecule has 0 heterocycles. The van der Waals surface area contributed by atoms with E-state index < -0.39 is 44.1 Å². The molecule has 0 atom stereocenters. The van der Waals surface area contributed by atoms with Gasteiger partial charge in [-0.15, -0.1) is 0 Å². The van der Waals surface area contributed by atoms with Gasteiger partial charge in [-0.25, -0.2) is 9.59 Å². The highest BCUT2D eigenvalue weighted by Gasteiger charge is 2.20. The first-order valence-electron chi connectivity index (χ1n) is 5.23. The summed E-state index contributed by atoms with van der Waals surface area (Å²) in [5.74, 6) is -2.13. The van der Waals surface area contributed by atoms with Crippen molar-refractivity contribution in [3.63, 3.8) is 0 Å². The van der Waals surface area contributed by atoms with E-state index >= 15 is 0 Å². The second kappa shape index (κ2) is 15.5. The van der Waals surface area contributed by atoms with Gasteiger partial charge < -0.3 is 41.7 Å². The minimum Gasteiger partial charge on any atom is -0.478 e. The van der Waals surface area contributed by atoms with Crippen molar-refractivity contribution in [2.75, 3.05) is 33.7 Å². The van der Waals surface area contributed by atoms with Gasteiger partial charge in [0.2, 0.25) is 0 Å². The van der Waals surface area contributed by atoms with Crippen LogP contribution in [0.15, 0.2) is 12.2 Å². The first-order chi connectivity index (χ1) is 9.35.